The molecule has 0 N–H and O–H groups in total. The second-order valence-electron chi connectivity index (χ2n) is 5.62. The molecule has 0 spiro atoms. The van der Waals surface area contributed by atoms with Crippen molar-refractivity contribution in [3.63, 3.8) is 0 Å². The second-order valence-corrected chi connectivity index (χ2v) is 5.97. The van der Waals surface area contributed by atoms with Crippen molar-refractivity contribution in [3.05, 3.63) is 57.7 Å². The lowest BCUT2D eigenvalue weighted by molar-refractivity contribution is 1.20. The lowest BCUT2D eigenvalue weighted by atomic mass is 10.0. The molecule has 1 heterocycles. The summed E-state index contributed by atoms with van der Waals surface area (Å²) in [5.41, 5.74) is 6.71. The fourth-order valence-electron chi connectivity index (χ4n) is 2.56. The molecule has 0 radical (unpaired) electrons. The highest BCUT2D eigenvalue weighted by atomic mass is 35.5. The highest BCUT2D eigenvalue weighted by molar-refractivity contribution is 6.34. The molecule has 0 aliphatic carbocycles. The zero-order chi connectivity index (χ0) is 15.1. The highest BCUT2D eigenvalue weighted by Gasteiger charge is 2.11. The number of nitrogens with zero attached hydrogens (tertiary/aromatic N) is 2. The average Bonchev–Trinajstić information content (AvgIpc) is 2.43. The van der Waals surface area contributed by atoms with Gasteiger partial charge in [-0.25, -0.2) is 9.97 Å². The maximum atomic E-state index is 6.38. The van der Waals surface area contributed by atoms with Crippen LogP contribution in [0.3, 0.4) is 0 Å². The van der Waals surface area contributed by atoms with E-state index in [2.05, 4.69) is 50.9 Å². The van der Waals surface area contributed by atoms with Gasteiger partial charge in [0, 0.05) is 10.9 Å². The van der Waals surface area contributed by atoms with Gasteiger partial charge in [0.25, 0.3) is 0 Å². The van der Waals surface area contributed by atoms with E-state index in [1.807, 2.05) is 12.1 Å². The maximum Gasteiger partial charge on any atom is 0.161 e. The van der Waals surface area contributed by atoms with Crippen molar-refractivity contribution in [2.24, 2.45) is 0 Å². The van der Waals surface area contributed by atoms with Gasteiger partial charge in [0.1, 0.15) is 5.15 Å². The number of hydrogen-bond donors (Lipinski definition) is 0. The Bertz CT molecular complexity index is 853. The van der Waals surface area contributed by atoms with Crippen molar-refractivity contribution in [2.75, 3.05) is 0 Å². The molecule has 3 heteroatoms. The van der Waals surface area contributed by atoms with E-state index < -0.39 is 0 Å². The second kappa shape index (κ2) is 5.12. The third-order valence-electron chi connectivity index (χ3n) is 3.85. The van der Waals surface area contributed by atoms with E-state index in [9.17, 15) is 0 Å². The van der Waals surface area contributed by atoms with Gasteiger partial charge in [0.15, 0.2) is 5.82 Å². The molecule has 0 bridgehead atoms. The molecule has 106 valence electrons. The highest BCUT2D eigenvalue weighted by Crippen LogP contribution is 2.28. The first kappa shape index (κ1) is 14.0. The Morgan fingerprint density at radius 3 is 2.29 bits per heavy atom. The Balaban J connectivity index is 2.27. The fraction of sp³-hybridized carbons (Fsp3) is 0.222. The molecule has 0 atom stereocenters. The molecule has 0 saturated heterocycles. The molecule has 0 unspecified atom stereocenters. The largest absolute Gasteiger partial charge is 0.228 e. The number of halogens is 1. The minimum absolute atomic E-state index is 0.514. The van der Waals surface area contributed by atoms with E-state index in [0.29, 0.717) is 11.0 Å². The SMILES string of the molecule is Cc1cc(C)c2nc(-c3ccc(C)c(C)c3)nc(Cl)c2c1. The summed E-state index contributed by atoms with van der Waals surface area (Å²) < 4.78 is 0. The van der Waals surface area contributed by atoms with Crippen LogP contribution < -0.4 is 0 Å². The minimum atomic E-state index is 0.514. The summed E-state index contributed by atoms with van der Waals surface area (Å²) in [6.45, 7) is 8.30. The number of aromatic nitrogens is 2. The summed E-state index contributed by atoms with van der Waals surface area (Å²) in [7, 11) is 0. The predicted molar refractivity (Wildman–Crippen MR) is 88.9 cm³/mol. The Kier molecular flexibility index (Phi) is 3.42. The van der Waals surface area contributed by atoms with E-state index in [0.717, 1.165) is 22.0 Å². The average molecular weight is 297 g/mol. The Morgan fingerprint density at radius 2 is 1.57 bits per heavy atom. The van der Waals surface area contributed by atoms with Crippen LogP contribution in [0, 0.1) is 27.7 Å². The van der Waals surface area contributed by atoms with Crippen LogP contribution in [0.15, 0.2) is 30.3 Å². The van der Waals surface area contributed by atoms with Crippen LogP contribution in [-0.2, 0) is 0 Å². The predicted octanol–water partition coefficient (Wildman–Crippen LogP) is 5.18. The van der Waals surface area contributed by atoms with Gasteiger partial charge in [-0.3, -0.25) is 0 Å². The third-order valence-corrected chi connectivity index (χ3v) is 4.14. The van der Waals surface area contributed by atoms with E-state index >= 15 is 0 Å². The monoisotopic (exact) mass is 296 g/mol. The smallest absolute Gasteiger partial charge is 0.161 e. The molecular formula is C18H17ClN2. The normalized spacial score (nSPS) is 11.1. The molecule has 21 heavy (non-hydrogen) atoms. The number of benzene rings is 2. The van der Waals surface area contributed by atoms with Gasteiger partial charge >= 0.3 is 0 Å². The molecule has 0 aliphatic heterocycles. The molecule has 3 aromatic rings. The molecule has 2 nitrogen and oxygen atoms in total. The van der Waals surface area contributed by atoms with Crippen LogP contribution in [0.1, 0.15) is 22.3 Å². The van der Waals surface area contributed by atoms with Crippen molar-refractivity contribution in [1.29, 1.82) is 0 Å². The van der Waals surface area contributed by atoms with E-state index in [1.54, 1.807) is 0 Å². The van der Waals surface area contributed by atoms with Gasteiger partial charge in [0.05, 0.1) is 5.52 Å². The quantitative estimate of drug-likeness (QED) is 0.578. The first-order valence-electron chi connectivity index (χ1n) is 6.98. The van der Waals surface area contributed by atoms with Crippen molar-refractivity contribution < 1.29 is 0 Å². The molecule has 0 fully saturated rings. The zero-order valence-corrected chi connectivity index (χ0v) is 13.4. The first-order chi connectivity index (χ1) is 9.95. The van der Waals surface area contributed by atoms with E-state index in [1.165, 1.54) is 16.7 Å². The van der Waals surface area contributed by atoms with Crippen LogP contribution in [0.2, 0.25) is 5.15 Å². The van der Waals surface area contributed by atoms with Crippen molar-refractivity contribution >= 4 is 22.5 Å². The van der Waals surface area contributed by atoms with Crippen molar-refractivity contribution in [3.8, 4) is 11.4 Å². The summed E-state index contributed by atoms with van der Waals surface area (Å²) in [5.74, 6) is 0.683. The van der Waals surface area contributed by atoms with Gasteiger partial charge < -0.3 is 0 Å². The fourth-order valence-corrected chi connectivity index (χ4v) is 2.78. The molecule has 2 aromatic carbocycles. The number of fused-ring (bicyclic) bond motifs is 1. The van der Waals surface area contributed by atoms with Crippen molar-refractivity contribution in [1.82, 2.24) is 9.97 Å². The van der Waals surface area contributed by atoms with E-state index in [4.69, 9.17) is 16.6 Å². The number of hydrogen-bond acceptors (Lipinski definition) is 2. The zero-order valence-electron chi connectivity index (χ0n) is 12.7. The van der Waals surface area contributed by atoms with Crippen molar-refractivity contribution in [2.45, 2.75) is 27.7 Å². The van der Waals surface area contributed by atoms with Gasteiger partial charge in [-0.05, 0) is 56.5 Å². The van der Waals surface area contributed by atoms with Crippen LogP contribution in [0.25, 0.3) is 22.3 Å². The lowest BCUT2D eigenvalue weighted by Crippen LogP contribution is -1.95. The van der Waals surface area contributed by atoms with E-state index in [-0.39, 0.29) is 0 Å². The molecule has 3 rings (SSSR count). The number of aryl methyl sites for hydroxylation is 4. The molecule has 0 amide bonds. The first-order valence-corrected chi connectivity index (χ1v) is 7.35. The topological polar surface area (TPSA) is 25.8 Å². The lowest BCUT2D eigenvalue weighted by Gasteiger charge is -2.09. The molecule has 0 aliphatic rings. The summed E-state index contributed by atoms with van der Waals surface area (Å²) in [6.07, 6.45) is 0. The van der Waals surface area contributed by atoms with Crippen LogP contribution in [0.5, 0.6) is 0 Å². The number of rotatable bonds is 1. The Hall–Kier alpha value is -1.93. The van der Waals surface area contributed by atoms with Crippen LogP contribution in [-0.4, -0.2) is 9.97 Å². The summed E-state index contributed by atoms with van der Waals surface area (Å²) in [5, 5.41) is 1.43. The summed E-state index contributed by atoms with van der Waals surface area (Å²) in [6, 6.07) is 10.4. The Morgan fingerprint density at radius 1 is 0.810 bits per heavy atom. The van der Waals surface area contributed by atoms with Gasteiger partial charge in [-0.1, -0.05) is 35.4 Å². The van der Waals surface area contributed by atoms with Crippen LogP contribution in [0.4, 0.5) is 0 Å². The third kappa shape index (κ3) is 2.52. The molecule has 1 aromatic heterocycles. The summed E-state index contributed by atoms with van der Waals surface area (Å²) >= 11 is 6.38. The van der Waals surface area contributed by atoms with Crippen LogP contribution >= 0.6 is 11.6 Å². The van der Waals surface area contributed by atoms with Gasteiger partial charge in [-0.15, -0.1) is 0 Å². The molecule has 0 saturated carbocycles. The van der Waals surface area contributed by atoms with Gasteiger partial charge in [-0.2, -0.15) is 0 Å². The summed E-state index contributed by atoms with van der Waals surface area (Å²) in [4.78, 5) is 9.20. The Labute approximate surface area is 129 Å². The minimum Gasteiger partial charge on any atom is -0.228 e. The van der Waals surface area contributed by atoms with Gasteiger partial charge in [0.2, 0.25) is 0 Å². The standard InChI is InChI=1S/C18H17ClN2/c1-10-7-13(4)16-15(8-10)17(19)21-18(20-16)14-6-5-11(2)12(3)9-14/h5-9H,1-4H3. The molecular weight excluding hydrogens is 280 g/mol. The maximum absolute atomic E-state index is 6.38.